The van der Waals surface area contributed by atoms with Crippen molar-refractivity contribution in [2.75, 3.05) is 0 Å². The molecule has 3 amide bonds. The molecule has 2 N–H and O–H groups in total. The number of imide groups is 1. The Hall–Kier alpha value is -3.68. The van der Waals surface area contributed by atoms with Crippen molar-refractivity contribution >= 4 is 23.7 Å². The molecule has 0 aliphatic carbocycles. The average molecular weight is 347 g/mol. The molecule has 5 rings (SSSR count). The predicted molar refractivity (Wildman–Crippen MR) is 91.7 cm³/mol. The van der Waals surface area contributed by atoms with Gasteiger partial charge in [-0.3, -0.25) is 10.1 Å². The number of imidazole rings is 1. The number of urea groups is 1. The lowest BCUT2D eigenvalue weighted by molar-refractivity contribution is -0.120. The number of hydrogen-bond acceptors (Lipinski definition) is 5. The summed E-state index contributed by atoms with van der Waals surface area (Å²) in [6.07, 6.45) is 7.29. The molecule has 8 nitrogen and oxygen atoms in total. The summed E-state index contributed by atoms with van der Waals surface area (Å²) in [4.78, 5) is 32.1. The van der Waals surface area contributed by atoms with E-state index in [1.807, 2.05) is 41.1 Å². The van der Waals surface area contributed by atoms with Gasteiger partial charge >= 0.3 is 6.03 Å². The molecule has 26 heavy (non-hydrogen) atoms. The van der Waals surface area contributed by atoms with Gasteiger partial charge in [-0.15, -0.1) is 0 Å². The van der Waals surface area contributed by atoms with Gasteiger partial charge in [-0.05, 0) is 18.2 Å². The maximum absolute atomic E-state index is 11.8. The summed E-state index contributed by atoms with van der Waals surface area (Å²) < 4.78 is 7.56. The zero-order valence-electron chi connectivity index (χ0n) is 13.5. The highest BCUT2D eigenvalue weighted by Gasteiger charge is 2.35. The lowest BCUT2D eigenvalue weighted by Gasteiger charge is -2.20. The molecule has 0 radical (unpaired) electrons. The normalized spacial score (nSPS) is 18.8. The number of amides is 3. The second-order valence-corrected chi connectivity index (χ2v) is 6.08. The highest BCUT2D eigenvalue weighted by atomic mass is 16.5. The number of ether oxygens (including phenoxy) is 1. The molecule has 1 unspecified atom stereocenters. The molecule has 0 spiro atoms. The van der Waals surface area contributed by atoms with Crippen molar-refractivity contribution in [3.63, 3.8) is 0 Å². The molecule has 2 aliphatic heterocycles. The standard InChI is InChI=1S/C18H13N5O3/c24-17-16(21-18(25)22-17)14-7-13-11(9-26-14)1-3-12(20-13)10-2-4-15-19-5-6-23(15)8-10/h1-8,16H,9H2,(H2,21,22,24,25). The number of carbonyl (C=O) groups is 2. The predicted octanol–water partition coefficient (Wildman–Crippen LogP) is 1.48. The van der Waals surface area contributed by atoms with Crippen molar-refractivity contribution in [2.45, 2.75) is 12.6 Å². The molecule has 1 saturated heterocycles. The molecule has 5 heterocycles. The van der Waals surface area contributed by atoms with Gasteiger partial charge in [0.15, 0.2) is 6.04 Å². The van der Waals surface area contributed by atoms with Crippen LogP contribution in [0.4, 0.5) is 4.79 Å². The smallest absolute Gasteiger partial charge is 0.322 e. The molecule has 3 aromatic rings. The van der Waals surface area contributed by atoms with E-state index in [1.54, 1.807) is 12.3 Å². The SMILES string of the molecule is O=C1NC(=O)C(C2=Cc3nc(-c4ccc5nccn5c4)ccc3CO2)N1. The van der Waals surface area contributed by atoms with E-state index in [9.17, 15) is 9.59 Å². The van der Waals surface area contributed by atoms with Crippen LogP contribution >= 0.6 is 0 Å². The molecule has 128 valence electrons. The Morgan fingerprint density at radius 2 is 2.12 bits per heavy atom. The molecule has 8 heteroatoms. The third kappa shape index (κ3) is 2.31. The number of nitrogens with one attached hydrogen (secondary N) is 2. The van der Waals surface area contributed by atoms with E-state index in [4.69, 9.17) is 9.72 Å². The third-order valence-corrected chi connectivity index (χ3v) is 4.43. The summed E-state index contributed by atoms with van der Waals surface area (Å²) in [7, 11) is 0. The zero-order chi connectivity index (χ0) is 17.7. The summed E-state index contributed by atoms with van der Waals surface area (Å²) in [5, 5.41) is 4.74. The van der Waals surface area contributed by atoms with E-state index < -0.39 is 18.0 Å². The summed E-state index contributed by atoms with van der Waals surface area (Å²) in [6, 6.07) is 6.44. The van der Waals surface area contributed by atoms with E-state index in [-0.39, 0.29) is 0 Å². The Balaban J connectivity index is 1.53. The fourth-order valence-corrected chi connectivity index (χ4v) is 3.10. The number of hydrogen-bond donors (Lipinski definition) is 2. The van der Waals surface area contributed by atoms with E-state index in [1.165, 1.54) is 0 Å². The number of fused-ring (bicyclic) bond motifs is 2. The van der Waals surface area contributed by atoms with E-state index in [0.717, 1.165) is 28.2 Å². The van der Waals surface area contributed by atoms with Crippen molar-refractivity contribution in [3.8, 4) is 11.3 Å². The zero-order valence-corrected chi connectivity index (χ0v) is 13.5. The van der Waals surface area contributed by atoms with Crippen molar-refractivity contribution in [1.29, 1.82) is 0 Å². The van der Waals surface area contributed by atoms with Gasteiger partial charge in [-0.1, -0.05) is 6.07 Å². The monoisotopic (exact) mass is 347 g/mol. The van der Waals surface area contributed by atoms with Crippen molar-refractivity contribution in [1.82, 2.24) is 25.0 Å². The Morgan fingerprint density at radius 1 is 1.19 bits per heavy atom. The van der Waals surface area contributed by atoms with Crippen LogP contribution in [0.1, 0.15) is 11.3 Å². The number of aromatic nitrogens is 3. The van der Waals surface area contributed by atoms with Crippen LogP contribution in [0.25, 0.3) is 23.0 Å². The molecule has 1 fully saturated rings. The summed E-state index contributed by atoms with van der Waals surface area (Å²) >= 11 is 0. The van der Waals surface area contributed by atoms with Crippen LogP contribution in [0.3, 0.4) is 0 Å². The van der Waals surface area contributed by atoms with Crippen LogP contribution in [0.2, 0.25) is 0 Å². The fraction of sp³-hybridized carbons (Fsp3) is 0.111. The number of nitrogens with zero attached hydrogens (tertiary/aromatic N) is 3. The van der Waals surface area contributed by atoms with Gasteiger partial charge in [-0.25, -0.2) is 14.8 Å². The van der Waals surface area contributed by atoms with Gasteiger partial charge in [0.05, 0.1) is 11.4 Å². The Labute approximate surface area is 147 Å². The summed E-state index contributed by atoms with van der Waals surface area (Å²) in [6.45, 7) is 0.300. The molecule has 0 bridgehead atoms. The van der Waals surface area contributed by atoms with Crippen LogP contribution in [-0.2, 0) is 16.1 Å². The Bertz CT molecular complexity index is 1100. The van der Waals surface area contributed by atoms with Gasteiger partial charge in [0, 0.05) is 35.8 Å². The second-order valence-electron chi connectivity index (χ2n) is 6.08. The highest BCUT2D eigenvalue weighted by molar-refractivity contribution is 6.06. The van der Waals surface area contributed by atoms with Crippen molar-refractivity contribution in [3.05, 3.63) is 59.9 Å². The van der Waals surface area contributed by atoms with Crippen LogP contribution in [-0.4, -0.2) is 32.3 Å². The van der Waals surface area contributed by atoms with E-state index >= 15 is 0 Å². The molecule has 0 saturated carbocycles. The maximum atomic E-state index is 11.8. The van der Waals surface area contributed by atoms with E-state index in [0.29, 0.717) is 12.4 Å². The minimum Gasteiger partial charge on any atom is -0.490 e. The topological polar surface area (TPSA) is 97.6 Å². The first-order chi connectivity index (χ1) is 12.7. The number of pyridine rings is 2. The minimum atomic E-state index is -0.816. The first-order valence-electron chi connectivity index (χ1n) is 8.06. The third-order valence-electron chi connectivity index (χ3n) is 4.43. The van der Waals surface area contributed by atoms with Crippen LogP contribution in [0.5, 0.6) is 0 Å². The lowest BCUT2D eigenvalue weighted by atomic mass is 10.1. The molecular formula is C18H13N5O3. The fourth-order valence-electron chi connectivity index (χ4n) is 3.10. The summed E-state index contributed by atoms with van der Waals surface area (Å²) in [5.41, 5.74) is 4.27. The lowest BCUT2D eigenvalue weighted by Crippen LogP contribution is -2.33. The first-order valence-corrected chi connectivity index (χ1v) is 8.06. The number of carbonyl (C=O) groups excluding carboxylic acids is 2. The Morgan fingerprint density at radius 3 is 2.96 bits per heavy atom. The van der Waals surface area contributed by atoms with Gasteiger partial charge in [0.2, 0.25) is 0 Å². The second kappa shape index (κ2) is 5.41. The number of rotatable bonds is 2. The Kier molecular flexibility index (Phi) is 3.05. The molecule has 2 aliphatic rings. The average Bonchev–Trinajstić information content (AvgIpc) is 3.25. The summed E-state index contributed by atoms with van der Waals surface area (Å²) in [5.74, 6) is -0.0398. The maximum Gasteiger partial charge on any atom is 0.322 e. The largest absolute Gasteiger partial charge is 0.490 e. The van der Waals surface area contributed by atoms with Gasteiger partial charge in [-0.2, -0.15) is 0 Å². The van der Waals surface area contributed by atoms with Gasteiger partial charge in [0.1, 0.15) is 18.0 Å². The van der Waals surface area contributed by atoms with Gasteiger partial charge < -0.3 is 14.5 Å². The quantitative estimate of drug-likeness (QED) is 0.684. The molecule has 1 atom stereocenters. The van der Waals surface area contributed by atoms with Crippen LogP contribution in [0.15, 0.2) is 48.6 Å². The van der Waals surface area contributed by atoms with Crippen molar-refractivity contribution < 1.29 is 14.3 Å². The first kappa shape index (κ1) is 14.6. The molecule has 0 aromatic carbocycles. The van der Waals surface area contributed by atoms with Crippen molar-refractivity contribution in [2.24, 2.45) is 0 Å². The van der Waals surface area contributed by atoms with Crippen LogP contribution < -0.4 is 10.6 Å². The van der Waals surface area contributed by atoms with Gasteiger partial charge in [0.25, 0.3) is 5.91 Å². The highest BCUT2D eigenvalue weighted by Crippen LogP contribution is 2.27. The molecular weight excluding hydrogens is 334 g/mol. The van der Waals surface area contributed by atoms with Crippen LogP contribution in [0, 0.1) is 0 Å². The van der Waals surface area contributed by atoms with E-state index in [2.05, 4.69) is 15.6 Å². The minimum absolute atomic E-state index is 0.300. The molecule has 3 aromatic heterocycles.